The van der Waals surface area contributed by atoms with Crippen LogP contribution in [0.25, 0.3) is 16.8 Å². The van der Waals surface area contributed by atoms with Crippen LogP contribution < -0.4 is 0 Å². The maximum Gasteiger partial charge on any atom is 0.155 e. The lowest BCUT2D eigenvalue weighted by Crippen LogP contribution is -2.47. The first kappa shape index (κ1) is 18.7. The molecule has 1 fully saturated rings. The fourth-order valence-corrected chi connectivity index (χ4v) is 5.95. The van der Waals surface area contributed by atoms with Gasteiger partial charge >= 0.3 is 0 Å². The first-order chi connectivity index (χ1) is 14.1. The number of ketones is 1. The van der Waals surface area contributed by atoms with E-state index in [1.165, 1.54) is 35.2 Å². The number of nitrogens with zero attached hydrogens (tertiary/aromatic N) is 2. The summed E-state index contributed by atoms with van der Waals surface area (Å²) in [6.45, 7) is 4.50. The SMILES string of the molecule is C[C@H]1C(=O)CC[C@@]2(C)c3nc(C4=CCCCC4)nc(-c4ccccc4)c3CC[C@H]12. The third-order valence-electron chi connectivity index (χ3n) is 7.70. The van der Waals surface area contributed by atoms with Crippen LogP contribution in [0.1, 0.15) is 75.9 Å². The van der Waals surface area contributed by atoms with Crippen molar-refractivity contribution in [2.45, 2.75) is 70.6 Å². The predicted molar refractivity (Wildman–Crippen MR) is 116 cm³/mol. The number of carbonyl (C=O) groups is 1. The normalized spacial score (nSPS) is 29.0. The van der Waals surface area contributed by atoms with Crippen molar-refractivity contribution in [3.8, 4) is 11.3 Å². The maximum absolute atomic E-state index is 12.5. The van der Waals surface area contributed by atoms with Crippen LogP contribution in [0.2, 0.25) is 0 Å². The fraction of sp³-hybridized carbons (Fsp3) is 0.500. The van der Waals surface area contributed by atoms with Gasteiger partial charge in [-0.25, -0.2) is 9.97 Å². The minimum atomic E-state index is -0.0304. The van der Waals surface area contributed by atoms with E-state index in [-0.39, 0.29) is 11.3 Å². The standard InChI is InChI=1S/C26H30N2O/c1-17-21-14-13-20-23(18-9-5-3-6-10-18)27-25(19-11-7-4-8-12-19)28-24(20)26(21,2)16-15-22(17)29/h3,5-6,9-11,17,21H,4,7-8,12-16H2,1-2H3/t17-,21-,26-/m1/s1. The van der Waals surface area contributed by atoms with Gasteiger partial charge in [0.1, 0.15) is 5.78 Å². The Hall–Kier alpha value is -2.29. The Morgan fingerprint density at radius 2 is 1.86 bits per heavy atom. The van der Waals surface area contributed by atoms with Crippen LogP contribution in [-0.2, 0) is 16.6 Å². The Morgan fingerprint density at radius 1 is 1.03 bits per heavy atom. The molecule has 3 heteroatoms. The van der Waals surface area contributed by atoms with Gasteiger partial charge in [-0.2, -0.15) is 0 Å². The molecule has 3 nitrogen and oxygen atoms in total. The van der Waals surface area contributed by atoms with Crippen molar-refractivity contribution >= 4 is 11.4 Å². The van der Waals surface area contributed by atoms with Gasteiger partial charge in [0.05, 0.1) is 11.4 Å². The third-order valence-corrected chi connectivity index (χ3v) is 7.70. The second-order valence-corrected chi connectivity index (χ2v) is 9.38. The van der Waals surface area contributed by atoms with Crippen molar-refractivity contribution in [2.24, 2.45) is 11.8 Å². The molecule has 0 N–H and O–H groups in total. The molecule has 1 heterocycles. The van der Waals surface area contributed by atoms with Crippen molar-refractivity contribution in [1.82, 2.24) is 9.97 Å². The van der Waals surface area contributed by atoms with E-state index in [0.717, 1.165) is 43.6 Å². The third kappa shape index (κ3) is 3.06. The van der Waals surface area contributed by atoms with E-state index in [4.69, 9.17) is 9.97 Å². The Bertz CT molecular complexity index is 978. The fourth-order valence-electron chi connectivity index (χ4n) is 5.95. The van der Waals surface area contributed by atoms with Gasteiger partial charge in [-0.15, -0.1) is 0 Å². The molecule has 5 rings (SSSR count). The van der Waals surface area contributed by atoms with E-state index in [9.17, 15) is 4.79 Å². The number of hydrogen-bond donors (Lipinski definition) is 0. The molecule has 0 radical (unpaired) electrons. The molecular weight excluding hydrogens is 356 g/mol. The predicted octanol–water partition coefficient (Wildman–Crippen LogP) is 5.92. The minimum absolute atomic E-state index is 0.0304. The minimum Gasteiger partial charge on any atom is -0.299 e. The number of allylic oxidation sites excluding steroid dienone is 2. The van der Waals surface area contributed by atoms with Crippen molar-refractivity contribution in [3.05, 3.63) is 53.5 Å². The lowest BCUT2D eigenvalue weighted by molar-refractivity contribution is -0.128. The number of carbonyl (C=O) groups excluding carboxylic acids is 1. The van der Waals surface area contributed by atoms with E-state index in [1.54, 1.807) is 0 Å². The maximum atomic E-state index is 12.5. The lowest BCUT2D eigenvalue weighted by Gasteiger charge is -2.48. The molecule has 0 amide bonds. The molecule has 0 bridgehead atoms. The van der Waals surface area contributed by atoms with Gasteiger partial charge in [-0.05, 0) is 56.4 Å². The highest BCUT2D eigenvalue weighted by Gasteiger charge is 2.49. The van der Waals surface area contributed by atoms with E-state index in [0.29, 0.717) is 18.1 Å². The summed E-state index contributed by atoms with van der Waals surface area (Å²) in [7, 11) is 0. The number of Topliss-reactive ketones (excluding diaryl/α,β-unsaturated/α-hetero) is 1. The highest BCUT2D eigenvalue weighted by molar-refractivity contribution is 5.83. The molecule has 0 aliphatic heterocycles. The summed E-state index contributed by atoms with van der Waals surface area (Å²) in [6, 6.07) is 10.6. The van der Waals surface area contributed by atoms with Crippen LogP contribution in [0, 0.1) is 11.8 Å². The van der Waals surface area contributed by atoms with E-state index < -0.39 is 0 Å². The van der Waals surface area contributed by atoms with Crippen LogP contribution in [-0.4, -0.2) is 15.8 Å². The van der Waals surface area contributed by atoms with Gasteiger partial charge in [0.15, 0.2) is 5.82 Å². The lowest BCUT2D eigenvalue weighted by atomic mass is 9.56. The average Bonchev–Trinajstić information content (AvgIpc) is 2.77. The summed E-state index contributed by atoms with van der Waals surface area (Å²) in [4.78, 5) is 22.8. The first-order valence-electron chi connectivity index (χ1n) is 11.3. The van der Waals surface area contributed by atoms with Crippen molar-refractivity contribution in [2.75, 3.05) is 0 Å². The Kier molecular flexibility index (Phi) is 4.64. The zero-order valence-electron chi connectivity index (χ0n) is 17.6. The van der Waals surface area contributed by atoms with Crippen LogP contribution in [0.4, 0.5) is 0 Å². The van der Waals surface area contributed by atoms with Crippen molar-refractivity contribution < 1.29 is 4.79 Å². The summed E-state index contributed by atoms with van der Waals surface area (Å²) in [6.07, 6.45) is 10.6. The van der Waals surface area contributed by atoms with Gasteiger partial charge < -0.3 is 0 Å². The Labute approximate surface area is 173 Å². The second kappa shape index (κ2) is 7.19. The molecule has 1 saturated carbocycles. The van der Waals surface area contributed by atoms with Gasteiger partial charge in [0, 0.05) is 28.9 Å². The molecule has 1 aromatic heterocycles. The Balaban J connectivity index is 1.72. The zero-order chi connectivity index (χ0) is 20.0. The molecule has 2 aromatic rings. The van der Waals surface area contributed by atoms with Crippen molar-refractivity contribution in [1.29, 1.82) is 0 Å². The molecule has 3 aliphatic rings. The molecule has 3 atom stereocenters. The van der Waals surface area contributed by atoms with Gasteiger partial charge in [0.25, 0.3) is 0 Å². The number of hydrogen-bond acceptors (Lipinski definition) is 3. The van der Waals surface area contributed by atoms with E-state index in [1.807, 2.05) is 0 Å². The number of fused-ring (bicyclic) bond motifs is 3. The summed E-state index contributed by atoms with van der Waals surface area (Å²) in [5.74, 6) is 1.88. The summed E-state index contributed by atoms with van der Waals surface area (Å²) >= 11 is 0. The highest BCUT2D eigenvalue weighted by Crippen LogP contribution is 2.52. The molecule has 0 spiro atoms. The molecular formula is C26H30N2O. The first-order valence-corrected chi connectivity index (χ1v) is 11.3. The Morgan fingerprint density at radius 3 is 2.62 bits per heavy atom. The number of aromatic nitrogens is 2. The summed E-state index contributed by atoms with van der Waals surface area (Å²) in [5, 5.41) is 0. The molecule has 29 heavy (non-hydrogen) atoms. The zero-order valence-corrected chi connectivity index (χ0v) is 17.6. The monoisotopic (exact) mass is 386 g/mol. The summed E-state index contributed by atoms with van der Waals surface area (Å²) in [5.41, 5.74) is 6.12. The van der Waals surface area contributed by atoms with Crippen LogP contribution in [0.3, 0.4) is 0 Å². The van der Waals surface area contributed by atoms with Crippen LogP contribution in [0.5, 0.6) is 0 Å². The van der Waals surface area contributed by atoms with Crippen molar-refractivity contribution in [3.63, 3.8) is 0 Å². The number of rotatable bonds is 2. The molecule has 3 aliphatic carbocycles. The van der Waals surface area contributed by atoms with Crippen LogP contribution >= 0.6 is 0 Å². The second-order valence-electron chi connectivity index (χ2n) is 9.38. The smallest absolute Gasteiger partial charge is 0.155 e. The molecule has 150 valence electrons. The summed E-state index contributed by atoms with van der Waals surface area (Å²) < 4.78 is 0. The highest BCUT2D eigenvalue weighted by atomic mass is 16.1. The average molecular weight is 387 g/mol. The van der Waals surface area contributed by atoms with E-state index in [2.05, 4.69) is 50.3 Å². The topological polar surface area (TPSA) is 42.9 Å². The largest absolute Gasteiger partial charge is 0.299 e. The quantitative estimate of drug-likeness (QED) is 0.643. The molecule has 0 saturated heterocycles. The van der Waals surface area contributed by atoms with Crippen LogP contribution in [0.15, 0.2) is 36.4 Å². The van der Waals surface area contributed by atoms with E-state index >= 15 is 0 Å². The van der Waals surface area contributed by atoms with Gasteiger partial charge in [-0.1, -0.05) is 50.3 Å². The molecule has 0 unspecified atom stereocenters. The molecule has 1 aromatic carbocycles. The number of benzene rings is 1. The van der Waals surface area contributed by atoms with Gasteiger partial charge in [-0.3, -0.25) is 4.79 Å². The van der Waals surface area contributed by atoms with Gasteiger partial charge in [0.2, 0.25) is 0 Å².